The van der Waals surface area contributed by atoms with Gasteiger partial charge in [0.05, 0.1) is 16.9 Å². The quantitative estimate of drug-likeness (QED) is 0.410. The fraction of sp³-hybridized carbons (Fsp3) is 0.231. The number of aromatic nitrogens is 2. The van der Waals surface area contributed by atoms with Crippen molar-refractivity contribution in [2.45, 2.75) is 26.8 Å². The van der Waals surface area contributed by atoms with E-state index in [-0.39, 0.29) is 23.3 Å². The van der Waals surface area contributed by atoms with Gasteiger partial charge in [0.25, 0.3) is 5.56 Å². The first-order valence-electron chi connectivity index (χ1n) is 10.4. The second kappa shape index (κ2) is 8.34. The lowest BCUT2D eigenvalue weighted by Crippen LogP contribution is -2.31. The largest absolute Gasteiger partial charge is 0.345 e. The molecular formula is C26H26FN3O. The van der Waals surface area contributed by atoms with E-state index in [2.05, 4.69) is 26.0 Å². The molecule has 4 aromatic rings. The Morgan fingerprint density at radius 2 is 1.58 bits per heavy atom. The zero-order valence-corrected chi connectivity index (χ0v) is 18.2. The third-order valence-electron chi connectivity index (χ3n) is 5.71. The Hall–Kier alpha value is -3.47. The summed E-state index contributed by atoms with van der Waals surface area (Å²) in [6.07, 6.45) is 0. The molecule has 4 rings (SSSR count). The first-order valence-corrected chi connectivity index (χ1v) is 10.4. The van der Waals surface area contributed by atoms with Crippen molar-refractivity contribution in [3.63, 3.8) is 0 Å². The van der Waals surface area contributed by atoms with Crippen LogP contribution in [0, 0.1) is 18.7 Å². The van der Waals surface area contributed by atoms with Crippen molar-refractivity contribution in [3.8, 4) is 0 Å². The molecular weight excluding hydrogens is 389 g/mol. The second-order valence-corrected chi connectivity index (χ2v) is 8.17. The number of aryl methyl sites for hydroxylation is 1. The van der Waals surface area contributed by atoms with Crippen LogP contribution in [-0.2, 0) is 0 Å². The molecule has 0 saturated carbocycles. The maximum atomic E-state index is 13.7. The minimum absolute atomic E-state index is 0.0561. The molecule has 0 fully saturated rings. The van der Waals surface area contributed by atoms with Gasteiger partial charge in [-0.25, -0.2) is 9.37 Å². The summed E-state index contributed by atoms with van der Waals surface area (Å²) in [7, 11) is 1.90. The molecule has 0 saturated heterocycles. The van der Waals surface area contributed by atoms with Gasteiger partial charge in [-0.3, -0.25) is 9.36 Å². The van der Waals surface area contributed by atoms with Crippen molar-refractivity contribution < 1.29 is 4.39 Å². The van der Waals surface area contributed by atoms with Crippen molar-refractivity contribution in [2.24, 2.45) is 5.92 Å². The Kier molecular flexibility index (Phi) is 5.59. The number of anilines is 2. The highest BCUT2D eigenvalue weighted by Gasteiger charge is 2.22. The van der Waals surface area contributed by atoms with Gasteiger partial charge in [0.15, 0.2) is 0 Å². The predicted octanol–water partition coefficient (Wildman–Crippen LogP) is 5.86. The first-order chi connectivity index (χ1) is 14.9. The van der Waals surface area contributed by atoms with Crippen molar-refractivity contribution in [3.05, 3.63) is 100 Å². The van der Waals surface area contributed by atoms with Gasteiger partial charge in [0, 0.05) is 18.4 Å². The van der Waals surface area contributed by atoms with Crippen LogP contribution < -0.4 is 10.5 Å². The maximum absolute atomic E-state index is 13.7. The topological polar surface area (TPSA) is 38.1 Å². The average Bonchev–Trinajstić information content (AvgIpc) is 2.77. The number of benzene rings is 3. The smallest absolute Gasteiger partial charge is 0.262 e. The van der Waals surface area contributed by atoms with Crippen molar-refractivity contribution in [2.75, 3.05) is 11.9 Å². The van der Waals surface area contributed by atoms with E-state index in [0.717, 1.165) is 16.9 Å². The summed E-state index contributed by atoms with van der Waals surface area (Å²) in [5.41, 5.74) is 3.38. The Bertz CT molecular complexity index is 1260. The van der Waals surface area contributed by atoms with Gasteiger partial charge < -0.3 is 4.90 Å². The van der Waals surface area contributed by atoms with E-state index in [1.165, 1.54) is 12.1 Å². The summed E-state index contributed by atoms with van der Waals surface area (Å²) in [4.78, 5) is 20.4. The van der Waals surface area contributed by atoms with Crippen LogP contribution in [0.4, 0.5) is 15.8 Å². The highest BCUT2D eigenvalue weighted by atomic mass is 19.1. The Labute approximate surface area is 181 Å². The first kappa shape index (κ1) is 20.8. The molecule has 4 nitrogen and oxygen atoms in total. The Balaban J connectivity index is 1.86. The van der Waals surface area contributed by atoms with Crippen molar-refractivity contribution in [1.29, 1.82) is 0 Å². The number of halogens is 1. The molecule has 0 N–H and O–H groups in total. The van der Waals surface area contributed by atoms with Gasteiger partial charge in [0.1, 0.15) is 11.6 Å². The van der Waals surface area contributed by atoms with Gasteiger partial charge in [-0.05, 0) is 60.9 Å². The lowest BCUT2D eigenvalue weighted by atomic mass is 9.95. The molecule has 0 spiro atoms. The van der Waals surface area contributed by atoms with Crippen LogP contribution in [0.1, 0.15) is 31.3 Å². The van der Waals surface area contributed by atoms with E-state index in [4.69, 9.17) is 4.98 Å². The third-order valence-corrected chi connectivity index (χ3v) is 5.71. The van der Waals surface area contributed by atoms with E-state index >= 15 is 0 Å². The summed E-state index contributed by atoms with van der Waals surface area (Å²) in [6.45, 7) is 6.12. The zero-order valence-electron chi connectivity index (χ0n) is 18.2. The summed E-state index contributed by atoms with van der Waals surface area (Å²) in [6, 6.07) is 21.9. The summed E-state index contributed by atoms with van der Waals surface area (Å²) in [5, 5.41) is 0.568. The maximum Gasteiger partial charge on any atom is 0.262 e. The normalized spacial score (nSPS) is 12.3. The average molecular weight is 416 g/mol. The molecule has 3 aromatic carbocycles. The zero-order chi connectivity index (χ0) is 22.1. The van der Waals surface area contributed by atoms with Crippen LogP contribution in [0.5, 0.6) is 0 Å². The summed E-state index contributed by atoms with van der Waals surface area (Å²) < 4.78 is 15.1. The number of nitrogens with zero attached hydrogens (tertiary/aromatic N) is 3. The van der Waals surface area contributed by atoms with E-state index in [0.29, 0.717) is 16.7 Å². The van der Waals surface area contributed by atoms with E-state index in [1.807, 2.05) is 59.8 Å². The Morgan fingerprint density at radius 1 is 0.935 bits per heavy atom. The fourth-order valence-electron chi connectivity index (χ4n) is 4.13. The van der Waals surface area contributed by atoms with Gasteiger partial charge in [0.2, 0.25) is 0 Å². The third kappa shape index (κ3) is 3.96. The molecule has 31 heavy (non-hydrogen) atoms. The number of hydrogen-bond acceptors (Lipinski definition) is 3. The standard InChI is InChI=1S/C26H26FN3O/c1-17(2)25(19-8-6-5-7-9-19)30-18(3)28-24-15-14-22(16-23(24)26(30)31)29(4)21-12-10-20(27)11-13-21/h5-17,25H,1-4H3. The van der Waals surface area contributed by atoms with Crippen LogP contribution in [0.3, 0.4) is 0 Å². The molecule has 1 unspecified atom stereocenters. The molecule has 5 heteroatoms. The molecule has 0 aliphatic carbocycles. The molecule has 158 valence electrons. The van der Waals surface area contributed by atoms with Gasteiger partial charge >= 0.3 is 0 Å². The lowest BCUT2D eigenvalue weighted by molar-refractivity contribution is 0.416. The van der Waals surface area contributed by atoms with E-state index in [1.54, 1.807) is 12.1 Å². The van der Waals surface area contributed by atoms with E-state index in [9.17, 15) is 9.18 Å². The molecule has 1 heterocycles. The predicted molar refractivity (Wildman–Crippen MR) is 125 cm³/mol. The highest BCUT2D eigenvalue weighted by Crippen LogP contribution is 2.29. The number of rotatable bonds is 5. The minimum atomic E-state index is -0.279. The van der Waals surface area contributed by atoms with Crippen LogP contribution in [0.2, 0.25) is 0 Å². The molecule has 0 aliphatic heterocycles. The van der Waals surface area contributed by atoms with Crippen LogP contribution in [0.25, 0.3) is 10.9 Å². The van der Waals surface area contributed by atoms with Crippen LogP contribution in [-0.4, -0.2) is 16.6 Å². The minimum Gasteiger partial charge on any atom is -0.345 e. The van der Waals surface area contributed by atoms with Crippen LogP contribution in [0.15, 0.2) is 77.6 Å². The Morgan fingerprint density at radius 3 is 2.23 bits per heavy atom. The SMILES string of the molecule is Cc1nc2ccc(N(C)c3ccc(F)cc3)cc2c(=O)n1C(c1ccccc1)C(C)C. The fourth-order valence-corrected chi connectivity index (χ4v) is 4.13. The molecule has 0 bridgehead atoms. The van der Waals surface area contributed by atoms with Crippen LogP contribution >= 0.6 is 0 Å². The highest BCUT2D eigenvalue weighted by molar-refractivity contribution is 5.83. The monoisotopic (exact) mass is 415 g/mol. The number of hydrogen-bond donors (Lipinski definition) is 0. The summed E-state index contributed by atoms with van der Waals surface area (Å²) in [5.74, 6) is 0.627. The second-order valence-electron chi connectivity index (χ2n) is 8.17. The molecule has 1 atom stereocenters. The van der Waals surface area contributed by atoms with Crippen molar-refractivity contribution >= 4 is 22.3 Å². The summed E-state index contributed by atoms with van der Waals surface area (Å²) >= 11 is 0. The van der Waals surface area contributed by atoms with E-state index < -0.39 is 0 Å². The van der Waals surface area contributed by atoms with Gasteiger partial charge in [-0.15, -0.1) is 0 Å². The van der Waals surface area contributed by atoms with Gasteiger partial charge in [-0.1, -0.05) is 44.2 Å². The molecule has 0 amide bonds. The van der Waals surface area contributed by atoms with Crippen molar-refractivity contribution in [1.82, 2.24) is 9.55 Å². The molecule has 1 aromatic heterocycles. The van der Waals surface area contributed by atoms with Gasteiger partial charge in [-0.2, -0.15) is 0 Å². The molecule has 0 aliphatic rings. The number of fused-ring (bicyclic) bond motifs is 1. The lowest BCUT2D eigenvalue weighted by Gasteiger charge is -2.26. The molecule has 0 radical (unpaired) electrons.